The summed E-state index contributed by atoms with van der Waals surface area (Å²) in [5.41, 5.74) is 0.114. The van der Waals surface area contributed by atoms with E-state index in [0.717, 1.165) is 18.6 Å². The van der Waals surface area contributed by atoms with Crippen LogP contribution in [0.3, 0.4) is 0 Å². The van der Waals surface area contributed by atoms with Gasteiger partial charge in [0, 0.05) is 24.7 Å². The van der Waals surface area contributed by atoms with Crippen molar-refractivity contribution >= 4 is 5.78 Å². The van der Waals surface area contributed by atoms with E-state index in [1.165, 1.54) is 6.07 Å². The first-order chi connectivity index (χ1) is 8.60. The van der Waals surface area contributed by atoms with Gasteiger partial charge in [0.2, 0.25) is 0 Å². The predicted molar refractivity (Wildman–Crippen MR) is 65.3 cm³/mol. The highest BCUT2D eigenvalue weighted by atomic mass is 19.1. The van der Waals surface area contributed by atoms with Gasteiger partial charge in [-0.15, -0.1) is 0 Å². The summed E-state index contributed by atoms with van der Waals surface area (Å²) in [6.07, 6.45) is 0.808. The fourth-order valence-corrected chi connectivity index (χ4v) is 1.68. The maximum atomic E-state index is 13.7. The molecule has 0 saturated carbocycles. The first-order valence-corrected chi connectivity index (χ1v) is 6.19. The van der Waals surface area contributed by atoms with E-state index in [9.17, 15) is 13.6 Å². The van der Waals surface area contributed by atoms with Crippen LogP contribution in [0.2, 0.25) is 0 Å². The Kier molecular flexibility index (Phi) is 5.92. The molecular formula is C14H18F2O2. The van der Waals surface area contributed by atoms with Crippen molar-refractivity contribution in [1.29, 1.82) is 0 Å². The number of Topliss-reactive ketones (excluding diaryl/α,β-unsaturated/α-hetero) is 1. The fourth-order valence-electron chi connectivity index (χ4n) is 1.68. The van der Waals surface area contributed by atoms with Gasteiger partial charge in [-0.25, -0.2) is 8.78 Å². The number of carbonyl (C=O) groups excluding carboxylic acids is 1. The molecular weight excluding hydrogens is 238 g/mol. The molecule has 0 radical (unpaired) electrons. The van der Waals surface area contributed by atoms with Crippen LogP contribution in [0.5, 0.6) is 0 Å². The van der Waals surface area contributed by atoms with E-state index in [2.05, 4.69) is 0 Å². The summed E-state index contributed by atoms with van der Waals surface area (Å²) in [7, 11) is 0. The molecule has 1 unspecified atom stereocenters. The van der Waals surface area contributed by atoms with Crippen LogP contribution in [0.15, 0.2) is 18.2 Å². The Morgan fingerprint density at radius 3 is 2.56 bits per heavy atom. The molecule has 1 atom stereocenters. The molecule has 0 heterocycles. The molecule has 0 spiro atoms. The zero-order valence-electron chi connectivity index (χ0n) is 10.7. The van der Waals surface area contributed by atoms with Crippen molar-refractivity contribution in [3.8, 4) is 0 Å². The van der Waals surface area contributed by atoms with Crippen LogP contribution >= 0.6 is 0 Å². The Hall–Kier alpha value is -1.29. The SMILES string of the molecule is CCCOC(C(=O)CCC)c1ccc(F)cc1F. The Morgan fingerprint density at radius 2 is 2.00 bits per heavy atom. The molecule has 0 fully saturated rings. The van der Waals surface area contributed by atoms with E-state index in [1.807, 2.05) is 13.8 Å². The van der Waals surface area contributed by atoms with Gasteiger partial charge in [-0.1, -0.05) is 19.9 Å². The third-order valence-electron chi connectivity index (χ3n) is 2.52. The molecule has 0 N–H and O–H groups in total. The Labute approximate surface area is 106 Å². The first-order valence-electron chi connectivity index (χ1n) is 6.19. The minimum atomic E-state index is -0.925. The number of hydrogen-bond donors (Lipinski definition) is 0. The van der Waals surface area contributed by atoms with Gasteiger partial charge in [0.1, 0.15) is 17.7 Å². The fraction of sp³-hybridized carbons (Fsp3) is 0.500. The van der Waals surface area contributed by atoms with Crippen molar-refractivity contribution in [3.63, 3.8) is 0 Å². The summed E-state index contributed by atoms with van der Waals surface area (Å²) >= 11 is 0. The van der Waals surface area contributed by atoms with E-state index >= 15 is 0 Å². The molecule has 0 saturated heterocycles. The van der Waals surface area contributed by atoms with E-state index in [4.69, 9.17) is 4.74 Å². The molecule has 0 aliphatic rings. The molecule has 4 heteroatoms. The highest BCUT2D eigenvalue weighted by Gasteiger charge is 2.23. The van der Waals surface area contributed by atoms with Crippen LogP contribution in [0.4, 0.5) is 8.78 Å². The largest absolute Gasteiger partial charge is 0.366 e. The predicted octanol–water partition coefficient (Wildman–Crippen LogP) is 3.80. The molecule has 100 valence electrons. The first kappa shape index (κ1) is 14.8. The molecule has 0 bridgehead atoms. The van der Waals surface area contributed by atoms with Gasteiger partial charge in [0.15, 0.2) is 5.78 Å². The highest BCUT2D eigenvalue weighted by Crippen LogP contribution is 2.24. The minimum absolute atomic E-state index is 0.114. The van der Waals surface area contributed by atoms with E-state index in [-0.39, 0.29) is 11.3 Å². The lowest BCUT2D eigenvalue weighted by molar-refractivity contribution is -0.131. The van der Waals surface area contributed by atoms with Gasteiger partial charge >= 0.3 is 0 Å². The lowest BCUT2D eigenvalue weighted by Crippen LogP contribution is -2.18. The van der Waals surface area contributed by atoms with Crippen molar-refractivity contribution in [2.24, 2.45) is 0 Å². The molecule has 1 aromatic carbocycles. The number of carbonyl (C=O) groups is 1. The van der Waals surface area contributed by atoms with Crippen molar-refractivity contribution < 1.29 is 18.3 Å². The number of hydrogen-bond acceptors (Lipinski definition) is 2. The molecule has 2 nitrogen and oxygen atoms in total. The molecule has 0 amide bonds. The van der Waals surface area contributed by atoms with Crippen molar-refractivity contribution in [1.82, 2.24) is 0 Å². The van der Waals surface area contributed by atoms with Gasteiger partial charge in [-0.3, -0.25) is 4.79 Å². The smallest absolute Gasteiger partial charge is 0.166 e. The van der Waals surface area contributed by atoms with Crippen LogP contribution < -0.4 is 0 Å². The van der Waals surface area contributed by atoms with Crippen molar-refractivity contribution in [2.45, 2.75) is 39.2 Å². The summed E-state index contributed by atoms with van der Waals surface area (Å²) < 4.78 is 31.9. The third kappa shape index (κ3) is 3.88. The van der Waals surface area contributed by atoms with Gasteiger partial charge < -0.3 is 4.74 Å². The van der Waals surface area contributed by atoms with Crippen molar-refractivity contribution in [3.05, 3.63) is 35.4 Å². The highest BCUT2D eigenvalue weighted by molar-refractivity contribution is 5.84. The average molecular weight is 256 g/mol. The Bertz CT molecular complexity index is 405. The molecule has 0 aliphatic heterocycles. The quantitative estimate of drug-likeness (QED) is 0.741. The second kappa shape index (κ2) is 7.21. The summed E-state index contributed by atoms with van der Waals surface area (Å²) in [6.45, 7) is 4.15. The van der Waals surface area contributed by atoms with Crippen LogP contribution in [0, 0.1) is 11.6 Å². The van der Waals surface area contributed by atoms with Crippen LogP contribution in [0.25, 0.3) is 0 Å². The van der Waals surface area contributed by atoms with Crippen LogP contribution in [-0.2, 0) is 9.53 Å². The number of halogens is 2. The maximum Gasteiger partial charge on any atom is 0.166 e. The molecule has 1 aromatic rings. The summed E-state index contributed by atoms with van der Waals surface area (Å²) in [6, 6.07) is 3.19. The summed E-state index contributed by atoms with van der Waals surface area (Å²) in [4.78, 5) is 11.9. The molecule has 0 aromatic heterocycles. The lowest BCUT2D eigenvalue weighted by atomic mass is 10.0. The van der Waals surface area contributed by atoms with Gasteiger partial charge in [0.25, 0.3) is 0 Å². The average Bonchev–Trinajstić information content (AvgIpc) is 2.32. The standard InChI is InChI=1S/C14H18F2O2/c1-3-5-13(17)14(18-8-4-2)11-7-6-10(15)9-12(11)16/h6-7,9,14H,3-5,8H2,1-2H3. The summed E-state index contributed by atoms with van der Waals surface area (Å²) in [5.74, 6) is -1.56. The van der Waals surface area contributed by atoms with Gasteiger partial charge in [0.05, 0.1) is 0 Å². The van der Waals surface area contributed by atoms with Crippen molar-refractivity contribution in [2.75, 3.05) is 6.61 Å². The van der Waals surface area contributed by atoms with E-state index in [0.29, 0.717) is 19.4 Å². The normalized spacial score (nSPS) is 12.4. The Balaban J connectivity index is 2.97. The minimum Gasteiger partial charge on any atom is -0.366 e. The number of ether oxygens (including phenoxy) is 1. The molecule has 1 rings (SSSR count). The monoisotopic (exact) mass is 256 g/mol. The van der Waals surface area contributed by atoms with Gasteiger partial charge in [-0.05, 0) is 18.9 Å². The number of ketones is 1. The van der Waals surface area contributed by atoms with Crippen LogP contribution in [-0.4, -0.2) is 12.4 Å². The third-order valence-corrected chi connectivity index (χ3v) is 2.52. The molecule has 18 heavy (non-hydrogen) atoms. The zero-order valence-corrected chi connectivity index (χ0v) is 10.7. The Morgan fingerprint density at radius 1 is 1.28 bits per heavy atom. The number of benzene rings is 1. The second-order valence-electron chi connectivity index (χ2n) is 4.13. The molecule has 0 aliphatic carbocycles. The second-order valence-corrected chi connectivity index (χ2v) is 4.13. The zero-order chi connectivity index (χ0) is 13.5. The lowest BCUT2D eigenvalue weighted by Gasteiger charge is -2.17. The number of rotatable bonds is 7. The van der Waals surface area contributed by atoms with Gasteiger partial charge in [-0.2, -0.15) is 0 Å². The van der Waals surface area contributed by atoms with E-state index < -0.39 is 17.7 Å². The topological polar surface area (TPSA) is 26.3 Å². The van der Waals surface area contributed by atoms with Crippen LogP contribution in [0.1, 0.15) is 44.8 Å². The maximum absolute atomic E-state index is 13.7. The summed E-state index contributed by atoms with van der Waals surface area (Å²) in [5, 5.41) is 0. The van der Waals surface area contributed by atoms with E-state index in [1.54, 1.807) is 0 Å².